The third-order valence-corrected chi connectivity index (χ3v) is 4.21. The van der Waals surface area contributed by atoms with E-state index in [0.29, 0.717) is 6.04 Å². The Labute approximate surface area is 115 Å². The van der Waals surface area contributed by atoms with Gasteiger partial charge in [0.15, 0.2) is 6.35 Å². The molecule has 0 radical (unpaired) electrons. The highest BCUT2D eigenvalue weighted by molar-refractivity contribution is 5.74. The lowest BCUT2D eigenvalue weighted by Crippen LogP contribution is -2.54. The minimum absolute atomic E-state index is 0.261. The molecular formula is C14H27N3O2. The molecule has 110 valence electrons. The van der Waals surface area contributed by atoms with E-state index in [0.717, 1.165) is 25.7 Å². The Morgan fingerprint density at radius 3 is 2.00 bits per heavy atom. The van der Waals surface area contributed by atoms with E-state index in [9.17, 15) is 9.90 Å². The lowest BCUT2D eigenvalue weighted by molar-refractivity contribution is 0.0880. The van der Waals surface area contributed by atoms with Gasteiger partial charge in [-0.3, -0.25) is 10.6 Å². The van der Waals surface area contributed by atoms with E-state index in [1.807, 2.05) is 0 Å². The number of aliphatic hydroxyl groups is 1. The van der Waals surface area contributed by atoms with Crippen LogP contribution in [0, 0.1) is 0 Å². The number of rotatable bonds is 4. The van der Waals surface area contributed by atoms with Crippen molar-refractivity contribution in [3.63, 3.8) is 0 Å². The molecule has 2 aliphatic rings. The summed E-state index contributed by atoms with van der Waals surface area (Å²) in [5.41, 5.74) is 0. The SMILES string of the molecule is O=C(NC1CCCCC1)NC(O)NC1CCCCC1. The second-order valence-electron chi connectivity index (χ2n) is 5.86. The molecule has 0 heterocycles. The van der Waals surface area contributed by atoms with Crippen LogP contribution >= 0.6 is 0 Å². The topological polar surface area (TPSA) is 73.4 Å². The van der Waals surface area contributed by atoms with Gasteiger partial charge in [0.1, 0.15) is 0 Å². The molecule has 2 rings (SSSR count). The van der Waals surface area contributed by atoms with Crippen molar-refractivity contribution in [3.8, 4) is 0 Å². The van der Waals surface area contributed by atoms with Crippen LogP contribution in [0.25, 0.3) is 0 Å². The molecular weight excluding hydrogens is 242 g/mol. The number of amides is 2. The van der Waals surface area contributed by atoms with Crippen LogP contribution in [-0.4, -0.2) is 29.6 Å². The molecule has 1 unspecified atom stereocenters. The predicted molar refractivity (Wildman–Crippen MR) is 74.6 cm³/mol. The summed E-state index contributed by atoms with van der Waals surface area (Å²) < 4.78 is 0. The number of hydrogen-bond donors (Lipinski definition) is 4. The third kappa shape index (κ3) is 5.37. The Bertz CT molecular complexity index is 274. The summed E-state index contributed by atoms with van der Waals surface area (Å²) in [6, 6.07) is 0.345. The van der Waals surface area contributed by atoms with Crippen molar-refractivity contribution < 1.29 is 9.90 Å². The fraction of sp³-hybridized carbons (Fsp3) is 0.929. The molecule has 2 amide bonds. The molecule has 0 aromatic heterocycles. The van der Waals surface area contributed by atoms with Crippen LogP contribution in [0.2, 0.25) is 0 Å². The van der Waals surface area contributed by atoms with Crippen LogP contribution in [-0.2, 0) is 0 Å². The summed E-state index contributed by atoms with van der Waals surface area (Å²) in [4.78, 5) is 11.7. The van der Waals surface area contributed by atoms with Crippen molar-refractivity contribution in [2.75, 3.05) is 0 Å². The number of carbonyl (C=O) groups excluding carboxylic acids is 1. The van der Waals surface area contributed by atoms with Crippen molar-refractivity contribution in [2.24, 2.45) is 0 Å². The minimum atomic E-state index is -0.938. The van der Waals surface area contributed by atoms with Crippen molar-refractivity contribution in [2.45, 2.75) is 82.6 Å². The molecule has 19 heavy (non-hydrogen) atoms. The predicted octanol–water partition coefficient (Wildman–Crippen LogP) is 1.82. The van der Waals surface area contributed by atoms with Crippen molar-refractivity contribution in [1.29, 1.82) is 0 Å². The molecule has 0 aromatic carbocycles. The Morgan fingerprint density at radius 2 is 1.42 bits per heavy atom. The van der Waals surface area contributed by atoms with Crippen LogP contribution in [0.1, 0.15) is 64.2 Å². The van der Waals surface area contributed by atoms with Gasteiger partial charge in [-0.05, 0) is 25.7 Å². The molecule has 0 aliphatic heterocycles. The first-order chi connectivity index (χ1) is 9.24. The van der Waals surface area contributed by atoms with E-state index in [2.05, 4.69) is 16.0 Å². The minimum Gasteiger partial charge on any atom is -0.361 e. The number of nitrogens with one attached hydrogen (secondary N) is 3. The Balaban J connectivity index is 1.63. The standard InChI is InChI=1S/C14H27N3O2/c18-13(15-11-7-3-1-4-8-11)17-14(19)16-12-9-5-2-6-10-12/h11-13,15,18H,1-10H2,(H2,16,17,19). The van der Waals surface area contributed by atoms with Crippen molar-refractivity contribution >= 4 is 6.03 Å². The van der Waals surface area contributed by atoms with E-state index in [4.69, 9.17) is 0 Å². The van der Waals surface area contributed by atoms with Gasteiger partial charge in [0.05, 0.1) is 0 Å². The smallest absolute Gasteiger partial charge is 0.318 e. The maximum Gasteiger partial charge on any atom is 0.318 e. The maximum atomic E-state index is 11.7. The van der Waals surface area contributed by atoms with Gasteiger partial charge in [-0.25, -0.2) is 4.79 Å². The zero-order valence-corrected chi connectivity index (χ0v) is 11.7. The lowest BCUT2D eigenvalue weighted by atomic mass is 9.95. The third-order valence-electron chi connectivity index (χ3n) is 4.21. The summed E-state index contributed by atoms with van der Waals surface area (Å²) in [6.45, 7) is 0. The summed E-state index contributed by atoms with van der Waals surface area (Å²) in [6.07, 6.45) is 10.7. The average Bonchev–Trinajstić information content (AvgIpc) is 2.40. The average molecular weight is 269 g/mol. The summed E-state index contributed by atoms with van der Waals surface area (Å²) in [7, 11) is 0. The first kappa shape index (κ1) is 14.6. The van der Waals surface area contributed by atoms with Crippen LogP contribution in [0.4, 0.5) is 4.79 Å². The molecule has 0 bridgehead atoms. The van der Waals surface area contributed by atoms with E-state index < -0.39 is 6.35 Å². The van der Waals surface area contributed by atoms with Crippen LogP contribution in [0.5, 0.6) is 0 Å². The van der Waals surface area contributed by atoms with E-state index in [1.54, 1.807) is 0 Å². The van der Waals surface area contributed by atoms with Crippen LogP contribution in [0.15, 0.2) is 0 Å². The molecule has 0 saturated heterocycles. The van der Waals surface area contributed by atoms with Gasteiger partial charge in [-0.1, -0.05) is 38.5 Å². The second-order valence-corrected chi connectivity index (χ2v) is 5.86. The first-order valence-electron chi connectivity index (χ1n) is 7.75. The summed E-state index contributed by atoms with van der Waals surface area (Å²) in [5, 5.41) is 18.4. The molecule has 5 heteroatoms. The van der Waals surface area contributed by atoms with Crippen LogP contribution in [0.3, 0.4) is 0 Å². The monoisotopic (exact) mass is 269 g/mol. The fourth-order valence-corrected chi connectivity index (χ4v) is 3.13. The Morgan fingerprint density at radius 1 is 0.895 bits per heavy atom. The highest BCUT2D eigenvalue weighted by Gasteiger charge is 2.19. The highest BCUT2D eigenvalue weighted by Crippen LogP contribution is 2.18. The number of aliphatic hydroxyl groups excluding tert-OH is 1. The van der Waals surface area contributed by atoms with Crippen LogP contribution < -0.4 is 16.0 Å². The van der Waals surface area contributed by atoms with E-state index >= 15 is 0 Å². The van der Waals surface area contributed by atoms with E-state index in [1.165, 1.54) is 38.5 Å². The normalized spacial score (nSPS) is 23.8. The fourth-order valence-electron chi connectivity index (χ4n) is 3.13. The number of carbonyl (C=O) groups is 1. The van der Waals surface area contributed by atoms with Crippen molar-refractivity contribution in [1.82, 2.24) is 16.0 Å². The molecule has 0 aromatic rings. The van der Waals surface area contributed by atoms with Gasteiger partial charge in [0.25, 0.3) is 0 Å². The molecule has 2 fully saturated rings. The molecule has 5 nitrogen and oxygen atoms in total. The summed E-state index contributed by atoms with van der Waals surface area (Å²) in [5.74, 6) is 0. The van der Waals surface area contributed by atoms with E-state index in [-0.39, 0.29) is 12.1 Å². The molecule has 2 saturated carbocycles. The lowest BCUT2D eigenvalue weighted by Gasteiger charge is -2.27. The Hall–Kier alpha value is -0.810. The van der Waals surface area contributed by atoms with Gasteiger partial charge in [-0.15, -0.1) is 0 Å². The second kappa shape index (κ2) is 7.70. The summed E-state index contributed by atoms with van der Waals surface area (Å²) >= 11 is 0. The maximum absolute atomic E-state index is 11.7. The number of urea groups is 1. The van der Waals surface area contributed by atoms with Crippen molar-refractivity contribution in [3.05, 3.63) is 0 Å². The van der Waals surface area contributed by atoms with Gasteiger partial charge < -0.3 is 10.4 Å². The molecule has 2 aliphatic carbocycles. The molecule has 4 N–H and O–H groups in total. The Kier molecular flexibility index (Phi) is 5.92. The van der Waals surface area contributed by atoms with Gasteiger partial charge in [0.2, 0.25) is 0 Å². The zero-order valence-electron chi connectivity index (χ0n) is 11.7. The van der Waals surface area contributed by atoms with Gasteiger partial charge in [-0.2, -0.15) is 0 Å². The van der Waals surface area contributed by atoms with Gasteiger partial charge in [0, 0.05) is 12.1 Å². The van der Waals surface area contributed by atoms with Gasteiger partial charge >= 0.3 is 6.03 Å². The first-order valence-corrected chi connectivity index (χ1v) is 7.75. The highest BCUT2D eigenvalue weighted by atomic mass is 16.3. The molecule has 1 atom stereocenters. The largest absolute Gasteiger partial charge is 0.361 e. The number of hydrogen-bond acceptors (Lipinski definition) is 3. The zero-order chi connectivity index (χ0) is 13.5. The quantitative estimate of drug-likeness (QED) is 0.588. The molecule has 0 spiro atoms.